The van der Waals surface area contributed by atoms with E-state index < -0.39 is 0 Å². The minimum Gasteiger partial charge on any atom is -0.463 e. The molecule has 128 valence electrons. The molecule has 25 heavy (non-hydrogen) atoms. The van der Waals surface area contributed by atoms with Gasteiger partial charge >= 0.3 is 5.97 Å². The number of carbonyl (C=O) groups is 2. The highest BCUT2D eigenvalue weighted by Gasteiger charge is 2.22. The Kier molecular flexibility index (Phi) is 5.29. The summed E-state index contributed by atoms with van der Waals surface area (Å²) in [6.45, 7) is 3.41. The lowest BCUT2D eigenvalue weighted by atomic mass is 9.94. The van der Waals surface area contributed by atoms with E-state index in [1.165, 1.54) is 11.6 Å². The molecule has 0 aliphatic carbocycles. The van der Waals surface area contributed by atoms with Gasteiger partial charge in [-0.15, -0.1) is 0 Å². The van der Waals surface area contributed by atoms with Crippen LogP contribution in [0.1, 0.15) is 34.0 Å². The minimum atomic E-state index is -0.336. The first-order chi connectivity index (χ1) is 12.2. The van der Waals surface area contributed by atoms with Crippen molar-refractivity contribution in [3.63, 3.8) is 0 Å². The minimum absolute atomic E-state index is 0.0544. The van der Waals surface area contributed by atoms with Crippen molar-refractivity contribution in [2.45, 2.75) is 19.9 Å². The zero-order chi connectivity index (χ0) is 17.6. The maximum Gasteiger partial charge on any atom is 0.330 e. The second-order valence-corrected chi connectivity index (χ2v) is 5.91. The highest BCUT2D eigenvalue weighted by atomic mass is 16.5. The van der Waals surface area contributed by atoms with Crippen molar-refractivity contribution in [1.29, 1.82) is 0 Å². The Morgan fingerprint density at radius 3 is 2.68 bits per heavy atom. The van der Waals surface area contributed by atoms with Crippen LogP contribution in [0.5, 0.6) is 0 Å². The summed E-state index contributed by atoms with van der Waals surface area (Å²) in [5.74, 6) is -0.282. The van der Waals surface area contributed by atoms with Gasteiger partial charge in [0.25, 0.3) is 5.91 Å². The van der Waals surface area contributed by atoms with Crippen LogP contribution in [0.4, 0.5) is 0 Å². The van der Waals surface area contributed by atoms with E-state index in [9.17, 15) is 9.59 Å². The number of ether oxygens (including phenoxy) is 1. The summed E-state index contributed by atoms with van der Waals surface area (Å²) < 4.78 is 4.93. The van der Waals surface area contributed by atoms with E-state index in [-0.39, 0.29) is 11.9 Å². The second-order valence-electron chi connectivity index (χ2n) is 5.91. The van der Waals surface area contributed by atoms with Gasteiger partial charge in [0.2, 0.25) is 0 Å². The Labute approximate surface area is 147 Å². The molecule has 0 unspecified atom stereocenters. The monoisotopic (exact) mass is 335 g/mol. The van der Waals surface area contributed by atoms with Gasteiger partial charge in [-0.25, -0.2) is 4.79 Å². The quantitative estimate of drug-likeness (QED) is 0.635. The van der Waals surface area contributed by atoms with Crippen LogP contribution in [0.2, 0.25) is 0 Å². The van der Waals surface area contributed by atoms with Crippen molar-refractivity contribution in [2.24, 2.45) is 0 Å². The molecule has 0 atom stereocenters. The summed E-state index contributed by atoms with van der Waals surface area (Å²) in [6, 6.07) is 15.3. The summed E-state index contributed by atoms with van der Waals surface area (Å²) in [7, 11) is 0. The molecule has 2 aromatic rings. The maximum atomic E-state index is 12.6. The van der Waals surface area contributed by atoms with Gasteiger partial charge in [-0.05, 0) is 48.2 Å². The number of hydrogen-bond acceptors (Lipinski definition) is 3. The van der Waals surface area contributed by atoms with Crippen LogP contribution in [0, 0.1) is 0 Å². The first-order valence-corrected chi connectivity index (χ1v) is 8.49. The normalized spacial score (nSPS) is 13.6. The van der Waals surface area contributed by atoms with Gasteiger partial charge in [0.15, 0.2) is 0 Å². The smallest absolute Gasteiger partial charge is 0.330 e. The van der Waals surface area contributed by atoms with Gasteiger partial charge in [-0.2, -0.15) is 0 Å². The third kappa shape index (κ3) is 3.97. The molecule has 1 heterocycles. The standard InChI is InChI=1S/C21H21NO3/c1-2-25-20(23)12-11-16-9-6-10-18-15-22(14-13-19(16)18)21(24)17-7-4-3-5-8-17/h3-12H,2,13-15H2,1H3/b12-11+. The molecule has 0 bridgehead atoms. The Morgan fingerprint density at radius 1 is 1.12 bits per heavy atom. The molecule has 2 aromatic carbocycles. The average Bonchev–Trinajstić information content (AvgIpc) is 2.66. The zero-order valence-electron chi connectivity index (χ0n) is 14.3. The number of esters is 1. The molecule has 0 spiro atoms. The largest absolute Gasteiger partial charge is 0.463 e. The Bertz CT molecular complexity index is 796. The molecule has 0 fully saturated rings. The van der Waals surface area contributed by atoms with E-state index in [0.717, 1.165) is 17.5 Å². The van der Waals surface area contributed by atoms with Crippen LogP contribution in [0.25, 0.3) is 6.08 Å². The zero-order valence-corrected chi connectivity index (χ0v) is 14.3. The lowest BCUT2D eigenvalue weighted by molar-refractivity contribution is -0.137. The number of carbonyl (C=O) groups excluding carboxylic acids is 2. The second kappa shape index (κ2) is 7.79. The van der Waals surface area contributed by atoms with Gasteiger partial charge in [-0.3, -0.25) is 4.79 Å². The van der Waals surface area contributed by atoms with Crippen LogP contribution < -0.4 is 0 Å². The molecule has 0 saturated heterocycles. The van der Waals surface area contributed by atoms with Crippen LogP contribution in [0.15, 0.2) is 54.6 Å². The predicted octanol–water partition coefficient (Wildman–Crippen LogP) is 3.46. The number of nitrogens with zero attached hydrogens (tertiary/aromatic N) is 1. The maximum absolute atomic E-state index is 12.6. The lowest BCUT2D eigenvalue weighted by Crippen LogP contribution is -2.36. The van der Waals surface area contributed by atoms with E-state index in [4.69, 9.17) is 4.74 Å². The van der Waals surface area contributed by atoms with Gasteiger partial charge in [-0.1, -0.05) is 36.4 Å². The van der Waals surface area contributed by atoms with E-state index in [0.29, 0.717) is 25.3 Å². The topological polar surface area (TPSA) is 46.6 Å². The number of rotatable bonds is 4. The van der Waals surface area contributed by atoms with Crippen LogP contribution >= 0.6 is 0 Å². The number of hydrogen-bond donors (Lipinski definition) is 0. The summed E-state index contributed by atoms with van der Waals surface area (Å²) in [5, 5.41) is 0. The molecular formula is C21H21NO3. The van der Waals surface area contributed by atoms with Crippen molar-refractivity contribution in [3.05, 3.63) is 76.9 Å². The Morgan fingerprint density at radius 2 is 1.92 bits per heavy atom. The van der Waals surface area contributed by atoms with Gasteiger partial charge in [0, 0.05) is 24.7 Å². The molecule has 1 amide bonds. The summed E-state index contributed by atoms with van der Waals surface area (Å²) in [4.78, 5) is 26.0. The van der Waals surface area contributed by atoms with E-state index in [1.807, 2.05) is 53.4 Å². The van der Waals surface area contributed by atoms with Crippen molar-refractivity contribution in [2.75, 3.05) is 13.2 Å². The van der Waals surface area contributed by atoms with E-state index in [1.54, 1.807) is 13.0 Å². The van der Waals surface area contributed by atoms with Crippen LogP contribution in [-0.4, -0.2) is 29.9 Å². The summed E-state index contributed by atoms with van der Waals surface area (Å²) >= 11 is 0. The molecule has 3 rings (SSSR count). The molecule has 0 N–H and O–H groups in total. The summed E-state index contributed by atoms with van der Waals surface area (Å²) in [6.07, 6.45) is 4.03. The van der Waals surface area contributed by atoms with Crippen LogP contribution in [-0.2, 0) is 22.5 Å². The van der Waals surface area contributed by atoms with Crippen molar-refractivity contribution in [1.82, 2.24) is 4.90 Å². The number of amides is 1. The molecule has 1 aliphatic rings. The molecule has 0 saturated carbocycles. The van der Waals surface area contributed by atoms with Crippen molar-refractivity contribution < 1.29 is 14.3 Å². The fraction of sp³-hybridized carbons (Fsp3) is 0.238. The first kappa shape index (κ1) is 17.0. The molecule has 4 heteroatoms. The average molecular weight is 335 g/mol. The fourth-order valence-electron chi connectivity index (χ4n) is 3.08. The third-order valence-corrected chi connectivity index (χ3v) is 4.30. The molecule has 4 nitrogen and oxygen atoms in total. The van der Waals surface area contributed by atoms with E-state index in [2.05, 4.69) is 0 Å². The highest BCUT2D eigenvalue weighted by Crippen LogP contribution is 2.24. The Hall–Kier alpha value is -2.88. The molecular weight excluding hydrogens is 314 g/mol. The van der Waals surface area contributed by atoms with Crippen LogP contribution in [0.3, 0.4) is 0 Å². The third-order valence-electron chi connectivity index (χ3n) is 4.30. The SMILES string of the molecule is CCOC(=O)/C=C/c1cccc2c1CCN(C(=O)c1ccccc1)C2. The number of benzene rings is 2. The Balaban J connectivity index is 1.77. The van der Waals surface area contributed by atoms with Gasteiger partial charge < -0.3 is 9.64 Å². The first-order valence-electron chi connectivity index (χ1n) is 8.49. The highest BCUT2D eigenvalue weighted by molar-refractivity contribution is 5.94. The molecule has 0 aromatic heterocycles. The van der Waals surface area contributed by atoms with Crippen molar-refractivity contribution in [3.8, 4) is 0 Å². The predicted molar refractivity (Wildman–Crippen MR) is 97.0 cm³/mol. The lowest BCUT2D eigenvalue weighted by Gasteiger charge is -2.30. The summed E-state index contributed by atoms with van der Waals surface area (Å²) in [5.41, 5.74) is 4.04. The fourth-order valence-corrected chi connectivity index (χ4v) is 3.08. The number of fused-ring (bicyclic) bond motifs is 1. The van der Waals surface area contributed by atoms with Gasteiger partial charge in [0.1, 0.15) is 0 Å². The van der Waals surface area contributed by atoms with Crippen molar-refractivity contribution >= 4 is 18.0 Å². The van der Waals surface area contributed by atoms with Gasteiger partial charge in [0.05, 0.1) is 6.61 Å². The molecule has 1 aliphatic heterocycles. The van der Waals surface area contributed by atoms with E-state index >= 15 is 0 Å². The molecule has 0 radical (unpaired) electrons.